The molecular formula is C19H23N7O. The van der Waals surface area contributed by atoms with E-state index >= 15 is 0 Å². The molecule has 0 aliphatic heterocycles. The summed E-state index contributed by atoms with van der Waals surface area (Å²) in [6, 6.07) is 3.18. The zero-order valence-electron chi connectivity index (χ0n) is 15.5. The summed E-state index contributed by atoms with van der Waals surface area (Å²) >= 11 is 0. The molecule has 2 heterocycles. The third kappa shape index (κ3) is 4.93. The molecule has 1 unspecified atom stereocenters. The number of pyridine rings is 1. The maximum absolute atomic E-state index is 13.2. The summed E-state index contributed by atoms with van der Waals surface area (Å²) in [6.07, 6.45) is 9.74. The van der Waals surface area contributed by atoms with Gasteiger partial charge in [0.25, 0.3) is 5.91 Å². The molecule has 0 bridgehead atoms. The second-order valence-corrected chi connectivity index (χ2v) is 6.67. The number of hydrogen-bond acceptors (Lipinski definition) is 5. The van der Waals surface area contributed by atoms with Crippen LogP contribution in [0.15, 0.2) is 41.9 Å². The van der Waals surface area contributed by atoms with Gasteiger partial charge in [0, 0.05) is 31.3 Å². The van der Waals surface area contributed by atoms with E-state index in [-0.39, 0.29) is 11.9 Å². The number of aliphatic imine (C=N–C) groups is 1. The Morgan fingerprint density at radius 1 is 1.41 bits per heavy atom. The van der Waals surface area contributed by atoms with Gasteiger partial charge in [-0.3, -0.25) is 15.2 Å². The van der Waals surface area contributed by atoms with Crippen LogP contribution >= 0.6 is 0 Å². The van der Waals surface area contributed by atoms with Crippen LogP contribution in [-0.2, 0) is 0 Å². The number of nitrogens with one attached hydrogen (secondary N) is 2. The number of rotatable bonds is 7. The van der Waals surface area contributed by atoms with E-state index in [0.717, 1.165) is 24.7 Å². The lowest BCUT2D eigenvalue weighted by Gasteiger charge is -2.30. The van der Waals surface area contributed by atoms with Crippen molar-refractivity contribution in [1.29, 1.82) is 5.41 Å². The van der Waals surface area contributed by atoms with E-state index in [2.05, 4.69) is 25.3 Å². The first-order valence-electron chi connectivity index (χ1n) is 8.91. The molecule has 0 spiro atoms. The van der Waals surface area contributed by atoms with Gasteiger partial charge in [-0.25, -0.2) is 15.0 Å². The Labute approximate surface area is 158 Å². The number of carbonyl (C=O) groups is 1. The van der Waals surface area contributed by atoms with Crippen molar-refractivity contribution >= 4 is 24.0 Å². The molecule has 1 aliphatic rings. The highest BCUT2D eigenvalue weighted by Crippen LogP contribution is 2.31. The van der Waals surface area contributed by atoms with Crippen molar-refractivity contribution in [2.45, 2.75) is 32.7 Å². The summed E-state index contributed by atoms with van der Waals surface area (Å²) in [5.41, 5.74) is 1.48. The van der Waals surface area contributed by atoms with Crippen LogP contribution in [0.5, 0.6) is 0 Å². The monoisotopic (exact) mass is 365 g/mol. The Kier molecular flexibility index (Phi) is 5.85. The van der Waals surface area contributed by atoms with Crippen molar-refractivity contribution in [3.63, 3.8) is 0 Å². The first-order chi connectivity index (χ1) is 13.1. The van der Waals surface area contributed by atoms with Gasteiger partial charge in [-0.15, -0.1) is 0 Å². The summed E-state index contributed by atoms with van der Waals surface area (Å²) in [6.45, 7) is 4.44. The number of carbonyl (C=O) groups excluding carboxylic acids is 1. The second-order valence-electron chi connectivity index (χ2n) is 6.67. The van der Waals surface area contributed by atoms with E-state index in [1.807, 2.05) is 19.9 Å². The van der Waals surface area contributed by atoms with Gasteiger partial charge in [0.2, 0.25) is 5.95 Å². The van der Waals surface area contributed by atoms with Crippen LogP contribution in [0.2, 0.25) is 0 Å². The fourth-order valence-corrected chi connectivity index (χ4v) is 2.77. The normalized spacial score (nSPS) is 15.1. The van der Waals surface area contributed by atoms with Crippen molar-refractivity contribution < 1.29 is 4.79 Å². The molecule has 140 valence electrons. The van der Waals surface area contributed by atoms with Gasteiger partial charge in [-0.2, -0.15) is 0 Å². The molecule has 8 nitrogen and oxygen atoms in total. The number of aryl methyl sites for hydroxylation is 1. The Hall–Kier alpha value is -3.16. The largest absolute Gasteiger partial charge is 0.328 e. The first-order valence-corrected chi connectivity index (χ1v) is 8.91. The highest BCUT2D eigenvalue weighted by molar-refractivity contribution is 6.05. The Morgan fingerprint density at radius 3 is 2.78 bits per heavy atom. The van der Waals surface area contributed by atoms with Gasteiger partial charge < -0.3 is 10.2 Å². The molecule has 1 amide bonds. The van der Waals surface area contributed by atoms with E-state index in [0.29, 0.717) is 29.8 Å². The van der Waals surface area contributed by atoms with Gasteiger partial charge in [0.15, 0.2) is 0 Å². The average Bonchev–Trinajstić information content (AvgIpc) is 3.50. The fourth-order valence-electron chi connectivity index (χ4n) is 2.77. The third-order valence-electron chi connectivity index (χ3n) is 4.41. The maximum atomic E-state index is 13.2. The summed E-state index contributed by atoms with van der Waals surface area (Å²) in [4.78, 5) is 31.5. The van der Waals surface area contributed by atoms with E-state index < -0.39 is 0 Å². The smallest absolute Gasteiger partial charge is 0.256 e. The fraction of sp³-hybridized carbons (Fsp3) is 0.368. The van der Waals surface area contributed by atoms with Gasteiger partial charge in [-0.1, -0.05) is 0 Å². The van der Waals surface area contributed by atoms with Gasteiger partial charge in [-0.05, 0) is 50.3 Å². The van der Waals surface area contributed by atoms with Crippen LogP contribution in [0.25, 0.3) is 0 Å². The van der Waals surface area contributed by atoms with E-state index in [1.165, 1.54) is 0 Å². The van der Waals surface area contributed by atoms with Crippen LogP contribution in [0, 0.1) is 18.3 Å². The summed E-state index contributed by atoms with van der Waals surface area (Å²) < 4.78 is 0. The SMILES string of the molecule is Cc1cncc(C(=O)N(CC2CC2)C(C)/C(=N/C=N)Nc2ncccn2)c1. The van der Waals surface area contributed by atoms with Crippen LogP contribution < -0.4 is 5.32 Å². The quantitative estimate of drug-likeness (QED) is 0.579. The predicted molar refractivity (Wildman–Crippen MR) is 104 cm³/mol. The molecule has 2 aromatic rings. The van der Waals surface area contributed by atoms with Crippen LogP contribution in [0.3, 0.4) is 0 Å². The Morgan fingerprint density at radius 2 is 2.15 bits per heavy atom. The molecule has 8 heteroatoms. The minimum atomic E-state index is -0.371. The van der Waals surface area contributed by atoms with E-state index in [4.69, 9.17) is 5.41 Å². The zero-order valence-corrected chi connectivity index (χ0v) is 15.5. The van der Waals surface area contributed by atoms with Crippen molar-refractivity contribution in [2.24, 2.45) is 10.9 Å². The van der Waals surface area contributed by atoms with Gasteiger partial charge >= 0.3 is 0 Å². The molecule has 2 aromatic heterocycles. The molecule has 1 fully saturated rings. The maximum Gasteiger partial charge on any atom is 0.256 e. The molecule has 1 atom stereocenters. The summed E-state index contributed by atoms with van der Waals surface area (Å²) in [5.74, 6) is 1.23. The van der Waals surface area contributed by atoms with Crippen LogP contribution in [0.1, 0.15) is 35.7 Å². The molecule has 3 rings (SSSR count). The minimum Gasteiger partial charge on any atom is -0.328 e. The third-order valence-corrected chi connectivity index (χ3v) is 4.41. The number of hydrogen-bond donors (Lipinski definition) is 2. The lowest BCUT2D eigenvalue weighted by atomic mass is 10.1. The second kappa shape index (κ2) is 8.48. The molecule has 0 aromatic carbocycles. The number of amidine groups is 1. The molecule has 2 N–H and O–H groups in total. The lowest BCUT2D eigenvalue weighted by Crippen LogP contribution is -2.47. The molecule has 0 saturated heterocycles. The van der Waals surface area contributed by atoms with Crippen LogP contribution in [0.4, 0.5) is 5.95 Å². The van der Waals surface area contributed by atoms with Gasteiger partial charge in [0.1, 0.15) is 12.2 Å². The lowest BCUT2D eigenvalue weighted by molar-refractivity contribution is 0.0725. The first kappa shape index (κ1) is 18.6. The predicted octanol–water partition coefficient (Wildman–Crippen LogP) is 2.54. The molecule has 0 radical (unpaired) electrons. The number of amides is 1. The van der Waals surface area contributed by atoms with Crippen molar-refractivity contribution in [3.8, 4) is 0 Å². The Bertz CT molecular complexity index is 833. The highest BCUT2D eigenvalue weighted by atomic mass is 16.2. The number of aromatic nitrogens is 3. The summed E-state index contributed by atoms with van der Waals surface area (Å²) in [5, 5.41) is 10.4. The van der Waals surface area contributed by atoms with Crippen molar-refractivity contribution in [3.05, 3.63) is 48.0 Å². The zero-order chi connectivity index (χ0) is 19.2. The molecule has 1 saturated carbocycles. The highest BCUT2D eigenvalue weighted by Gasteiger charge is 2.32. The Balaban J connectivity index is 1.86. The topological polar surface area (TPSA) is 107 Å². The number of anilines is 1. The summed E-state index contributed by atoms with van der Waals surface area (Å²) in [7, 11) is 0. The van der Waals surface area contributed by atoms with E-state index in [1.54, 1.807) is 35.8 Å². The van der Waals surface area contributed by atoms with Crippen LogP contribution in [-0.4, -0.2) is 50.5 Å². The minimum absolute atomic E-state index is 0.0981. The molecule has 1 aliphatic carbocycles. The van der Waals surface area contributed by atoms with Crippen molar-refractivity contribution in [2.75, 3.05) is 11.9 Å². The van der Waals surface area contributed by atoms with Gasteiger partial charge in [0.05, 0.1) is 11.6 Å². The average molecular weight is 365 g/mol. The standard InChI is InChI=1S/C19H23N7O/c1-13-8-16(10-21-9-13)18(27)26(11-15-4-5-15)14(2)17(24-12-20)25-19-22-6-3-7-23-19/h3,6-10,12,14-15H,4-5,11H2,1-2H3,(H2,20,22,23,24,25). The van der Waals surface area contributed by atoms with Crippen molar-refractivity contribution in [1.82, 2.24) is 19.9 Å². The molecular weight excluding hydrogens is 342 g/mol. The number of nitrogens with zero attached hydrogens (tertiary/aromatic N) is 5. The molecule has 27 heavy (non-hydrogen) atoms. The van der Waals surface area contributed by atoms with E-state index in [9.17, 15) is 4.79 Å².